The number of nitrogens with one attached hydrogen (secondary N) is 1. The summed E-state index contributed by atoms with van der Waals surface area (Å²) in [5.74, 6) is -2.51. The van der Waals surface area contributed by atoms with Gasteiger partial charge in [-0.1, -0.05) is 17.7 Å². The zero-order valence-corrected chi connectivity index (χ0v) is 11.3. The van der Waals surface area contributed by atoms with Gasteiger partial charge in [-0.05, 0) is 18.2 Å². The highest BCUT2D eigenvalue weighted by Gasteiger charge is 2.19. The summed E-state index contributed by atoms with van der Waals surface area (Å²) in [4.78, 5) is 3.27. The maximum atomic E-state index is 13.4. The predicted molar refractivity (Wildman–Crippen MR) is 70.8 cm³/mol. The van der Waals surface area contributed by atoms with Gasteiger partial charge >= 0.3 is 0 Å². The van der Waals surface area contributed by atoms with Crippen molar-refractivity contribution in [2.45, 2.75) is 4.90 Å². The molecule has 0 fully saturated rings. The molecule has 0 amide bonds. The molecule has 0 aliphatic heterocycles. The number of anilines is 2. The third-order valence-electron chi connectivity index (χ3n) is 2.35. The largest absolute Gasteiger partial charge is 0.382 e. The van der Waals surface area contributed by atoms with Crippen LogP contribution in [0.1, 0.15) is 0 Å². The van der Waals surface area contributed by atoms with E-state index >= 15 is 0 Å². The number of pyridine rings is 1. The molecule has 106 valence electrons. The highest BCUT2D eigenvalue weighted by molar-refractivity contribution is 7.92. The predicted octanol–water partition coefficient (Wildman–Crippen LogP) is 2.40. The number of halogens is 3. The molecular weight excluding hydrogens is 312 g/mol. The fraction of sp³-hybridized carbons (Fsp3) is 0. The summed E-state index contributed by atoms with van der Waals surface area (Å²) >= 11 is 5.67. The molecule has 0 radical (unpaired) electrons. The third-order valence-corrected chi connectivity index (χ3v) is 3.99. The van der Waals surface area contributed by atoms with Gasteiger partial charge in [-0.15, -0.1) is 0 Å². The Morgan fingerprint density at radius 2 is 2.00 bits per heavy atom. The van der Waals surface area contributed by atoms with Crippen LogP contribution < -0.4 is 10.5 Å². The van der Waals surface area contributed by atoms with E-state index in [0.717, 1.165) is 24.4 Å². The molecule has 1 aromatic heterocycles. The molecule has 2 rings (SSSR count). The van der Waals surface area contributed by atoms with Gasteiger partial charge in [0.2, 0.25) is 0 Å². The SMILES string of the molecule is Nc1ncc(S(=O)(=O)Nc2cccc(F)c2F)cc1Cl. The van der Waals surface area contributed by atoms with Crippen LogP contribution in [0.25, 0.3) is 0 Å². The van der Waals surface area contributed by atoms with Crippen molar-refractivity contribution in [3.8, 4) is 0 Å². The Hall–Kier alpha value is -1.93. The van der Waals surface area contributed by atoms with Crippen LogP contribution in [0.2, 0.25) is 5.02 Å². The first-order chi connectivity index (χ1) is 9.31. The average Bonchev–Trinajstić information content (AvgIpc) is 2.38. The summed E-state index contributed by atoms with van der Waals surface area (Å²) in [5.41, 5.74) is 4.84. The van der Waals surface area contributed by atoms with Crippen molar-refractivity contribution >= 4 is 33.1 Å². The number of hydrogen-bond acceptors (Lipinski definition) is 4. The van der Waals surface area contributed by atoms with E-state index in [0.29, 0.717) is 0 Å². The monoisotopic (exact) mass is 319 g/mol. The molecule has 0 aliphatic carbocycles. The summed E-state index contributed by atoms with van der Waals surface area (Å²) in [6.45, 7) is 0. The van der Waals surface area contributed by atoms with Crippen LogP contribution in [-0.2, 0) is 10.0 Å². The van der Waals surface area contributed by atoms with E-state index in [9.17, 15) is 17.2 Å². The van der Waals surface area contributed by atoms with E-state index in [1.165, 1.54) is 6.07 Å². The van der Waals surface area contributed by atoms with Crippen LogP contribution in [0.3, 0.4) is 0 Å². The van der Waals surface area contributed by atoms with Gasteiger partial charge in [-0.3, -0.25) is 4.72 Å². The zero-order valence-electron chi connectivity index (χ0n) is 9.77. The number of aromatic nitrogens is 1. The molecular formula is C11H8ClF2N3O2S. The number of hydrogen-bond donors (Lipinski definition) is 2. The van der Waals surface area contributed by atoms with Crippen molar-refractivity contribution in [2.75, 3.05) is 10.5 Å². The number of sulfonamides is 1. The Balaban J connectivity index is 2.41. The Kier molecular flexibility index (Phi) is 3.78. The quantitative estimate of drug-likeness (QED) is 0.909. The molecule has 0 saturated heterocycles. The standard InChI is InChI=1S/C11H8ClF2N3O2S/c12-7-4-6(5-16-11(7)15)20(18,19)17-9-3-1-2-8(13)10(9)14/h1-5,17H,(H2,15,16). The lowest BCUT2D eigenvalue weighted by atomic mass is 10.3. The molecule has 20 heavy (non-hydrogen) atoms. The zero-order chi connectivity index (χ0) is 14.9. The van der Waals surface area contributed by atoms with Crippen molar-refractivity contribution in [1.82, 2.24) is 4.98 Å². The first kappa shape index (κ1) is 14.5. The van der Waals surface area contributed by atoms with Gasteiger partial charge in [0.15, 0.2) is 11.6 Å². The maximum absolute atomic E-state index is 13.4. The number of nitrogens with two attached hydrogens (primary N) is 1. The average molecular weight is 320 g/mol. The second-order valence-electron chi connectivity index (χ2n) is 3.74. The summed E-state index contributed by atoms with van der Waals surface area (Å²) in [7, 11) is -4.15. The lowest BCUT2D eigenvalue weighted by Crippen LogP contribution is -2.15. The van der Waals surface area contributed by atoms with Crippen molar-refractivity contribution < 1.29 is 17.2 Å². The molecule has 9 heteroatoms. The third kappa shape index (κ3) is 2.81. The van der Waals surface area contributed by atoms with Crippen LogP contribution in [0.15, 0.2) is 35.4 Å². The van der Waals surface area contributed by atoms with Gasteiger partial charge in [0.1, 0.15) is 10.7 Å². The molecule has 3 N–H and O–H groups in total. The van der Waals surface area contributed by atoms with E-state index in [2.05, 4.69) is 4.98 Å². The Bertz CT molecular complexity index is 768. The minimum absolute atomic E-state index is 0.0393. The second-order valence-corrected chi connectivity index (χ2v) is 5.83. The maximum Gasteiger partial charge on any atom is 0.263 e. The van der Waals surface area contributed by atoms with Crippen LogP contribution in [-0.4, -0.2) is 13.4 Å². The normalized spacial score (nSPS) is 11.3. The molecule has 1 aromatic carbocycles. The lowest BCUT2D eigenvalue weighted by Gasteiger charge is -2.09. The van der Waals surface area contributed by atoms with E-state index in [4.69, 9.17) is 17.3 Å². The molecule has 5 nitrogen and oxygen atoms in total. The number of benzene rings is 1. The molecule has 0 aliphatic rings. The van der Waals surface area contributed by atoms with E-state index < -0.39 is 27.3 Å². The van der Waals surface area contributed by atoms with Crippen LogP contribution in [0.5, 0.6) is 0 Å². The van der Waals surface area contributed by atoms with Gasteiger partial charge < -0.3 is 5.73 Å². The van der Waals surface area contributed by atoms with Gasteiger partial charge in [-0.25, -0.2) is 22.2 Å². The highest BCUT2D eigenvalue weighted by Crippen LogP contribution is 2.23. The van der Waals surface area contributed by atoms with Crippen molar-refractivity contribution in [3.05, 3.63) is 47.1 Å². The van der Waals surface area contributed by atoms with Crippen molar-refractivity contribution in [3.63, 3.8) is 0 Å². The smallest absolute Gasteiger partial charge is 0.263 e. The molecule has 0 unspecified atom stereocenters. The first-order valence-corrected chi connectivity index (χ1v) is 7.05. The Labute approximate surface area is 118 Å². The number of nitrogens with zero attached hydrogens (tertiary/aromatic N) is 1. The molecule has 0 atom stereocenters. The summed E-state index contributed by atoms with van der Waals surface area (Å²) in [6, 6.07) is 4.19. The van der Waals surface area contributed by atoms with E-state index in [1.54, 1.807) is 0 Å². The summed E-state index contributed by atoms with van der Waals surface area (Å²) in [6.07, 6.45) is 0.959. The summed E-state index contributed by atoms with van der Waals surface area (Å²) < 4.78 is 52.3. The fourth-order valence-electron chi connectivity index (χ4n) is 1.36. The molecule has 0 spiro atoms. The minimum atomic E-state index is -4.15. The van der Waals surface area contributed by atoms with Crippen LogP contribution in [0.4, 0.5) is 20.3 Å². The van der Waals surface area contributed by atoms with Crippen molar-refractivity contribution in [2.24, 2.45) is 0 Å². The van der Waals surface area contributed by atoms with Crippen LogP contribution >= 0.6 is 11.6 Å². The topological polar surface area (TPSA) is 85.1 Å². The number of rotatable bonds is 3. The fourth-order valence-corrected chi connectivity index (χ4v) is 2.62. The second kappa shape index (κ2) is 5.22. The Morgan fingerprint density at radius 3 is 2.65 bits per heavy atom. The Morgan fingerprint density at radius 1 is 1.30 bits per heavy atom. The van der Waals surface area contributed by atoms with Gasteiger partial charge in [0.25, 0.3) is 10.0 Å². The van der Waals surface area contributed by atoms with Crippen LogP contribution in [0, 0.1) is 11.6 Å². The first-order valence-electron chi connectivity index (χ1n) is 5.19. The minimum Gasteiger partial charge on any atom is -0.382 e. The van der Waals surface area contributed by atoms with Crippen molar-refractivity contribution in [1.29, 1.82) is 0 Å². The van der Waals surface area contributed by atoms with Gasteiger partial charge in [0.05, 0.1) is 10.7 Å². The van der Waals surface area contributed by atoms with Gasteiger partial charge in [0, 0.05) is 6.20 Å². The molecule has 2 aromatic rings. The highest BCUT2D eigenvalue weighted by atomic mass is 35.5. The molecule has 0 bridgehead atoms. The molecule has 1 heterocycles. The summed E-state index contributed by atoms with van der Waals surface area (Å²) in [5, 5.41) is -0.0624. The molecule has 0 saturated carbocycles. The lowest BCUT2D eigenvalue weighted by molar-refractivity contribution is 0.511. The number of nitrogen functional groups attached to an aromatic ring is 1. The van der Waals surface area contributed by atoms with E-state index in [1.807, 2.05) is 4.72 Å². The van der Waals surface area contributed by atoms with Gasteiger partial charge in [-0.2, -0.15) is 0 Å². The van der Waals surface area contributed by atoms with E-state index in [-0.39, 0.29) is 15.7 Å².